The van der Waals surface area contributed by atoms with Crippen LogP contribution in [-0.4, -0.2) is 25.8 Å². The molecule has 0 aromatic carbocycles. The molecule has 0 atom stereocenters. The number of ether oxygens (including phenoxy) is 1. The molecule has 1 fully saturated rings. The molecule has 2 N–H and O–H groups in total. The van der Waals surface area contributed by atoms with E-state index in [1.54, 1.807) is 6.20 Å². The topological polar surface area (TPSA) is 82.3 Å². The number of hydrogen-bond acceptors (Lipinski definition) is 5. The van der Waals surface area contributed by atoms with Crippen molar-refractivity contribution in [3.05, 3.63) is 12.4 Å². The summed E-state index contributed by atoms with van der Waals surface area (Å²) in [5, 5.41) is 5.12. The lowest BCUT2D eigenvalue weighted by Gasteiger charge is -2.12. The highest BCUT2D eigenvalue weighted by atomic mass is 32.2. The minimum absolute atomic E-state index is 0.0359. The van der Waals surface area contributed by atoms with Crippen LogP contribution in [0.2, 0.25) is 0 Å². The van der Waals surface area contributed by atoms with Gasteiger partial charge < -0.3 is 4.74 Å². The summed E-state index contributed by atoms with van der Waals surface area (Å²) in [6.07, 6.45) is 6.68. The van der Waals surface area contributed by atoms with Crippen LogP contribution in [0.25, 0.3) is 0 Å². The van der Waals surface area contributed by atoms with Gasteiger partial charge in [-0.05, 0) is 19.1 Å². The molecule has 0 amide bonds. The highest BCUT2D eigenvalue weighted by Crippen LogP contribution is 2.37. The Labute approximate surface area is 98.4 Å². The number of hydrogen-bond donors (Lipinski definition) is 1. The summed E-state index contributed by atoms with van der Waals surface area (Å²) >= 11 is 1.39. The number of rotatable bonds is 4. The molecule has 1 saturated carbocycles. The van der Waals surface area contributed by atoms with E-state index >= 15 is 0 Å². The average molecular weight is 260 g/mol. The number of sulfonamides is 1. The first-order chi connectivity index (χ1) is 7.52. The zero-order valence-electron chi connectivity index (χ0n) is 8.71. The van der Waals surface area contributed by atoms with Crippen LogP contribution in [0.1, 0.15) is 12.8 Å². The highest BCUT2D eigenvalue weighted by molar-refractivity contribution is 7.98. The molecule has 1 aromatic heterocycles. The molecule has 1 aromatic rings. The molecule has 0 unspecified atom stereocenters. The zero-order chi connectivity index (χ0) is 11.8. The van der Waals surface area contributed by atoms with E-state index in [0.717, 1.165) is 12.8 Å². The van der Waals surface area contributed by atoms with Crippen LogP contribution in [0.4, 0.5) is 0 Å². The van der Waals surface area contributed by atoms with Crippen molar-refractivity contribution in [1.82, 2.24) is 4.98 Å². The lowest BCUT2D eigenvalue weighted by atomic mass is 10.4. The van der Waals surface area contributed by atoms with Gasteiger partial charge in [0.2, 0.25) is 10.0 Å². The smallest absolute Gasteiger partial charge is 0.243 e. The maximum Gasteiger partial charge on any atom is 0.243 e. The molecule has 5 nitrogen and oxygen atoms in total. The molecule has 2 rings (SSSR count). The SMILES string of the molecule is CSc1cncc(S(N)(=O)=O)c1OC1CC1. The summed E-state index contributed by atoms with van der Waals surface area (Å²) in [5.74, 6) is 0.340. The average Bonchev–Trinajstić information content (AvgIpc) is 3.00. The normalized spacial score (nSPS) is 16.1. The van der Waals surface area contributed by atoms with Gasteiger partial charge in [0.05, 0.1) is 17.2 Å². The van der Waals surface area contributed by atoms with Crippen molar-refractivity contribution in [2.45, 2.75) is 28.7 Å². The van der Waals surface area contributed by atoms with E-state index in [2.05, 4.69) is 4.98 Å². The van der Waals surface area contributed by atoms with Crippen LogP contribution < -0.4 is 9.88 Å². The number of thioether (sulfide) groups is 1. The number of aromatic nitrogens is 1. The van der Waals surface area contributed by atoms with Crippen molar-refractivity contribution in [3.8, 4) is 5.75 Å². The van der Waals surface area contributed by atoms with Gasteiger partial charge in [-0.1, -0.05) is 0 Å². The molecule has 7 heteroatoms. The molecule has 1 aliphatic rings. The second-order valence-electron chi connectivity index (χ2n) is 3.53. The molecule has 0 aliphatic heterocycles. The molecule has 0 bridgehead atoms. The fourth-order valence-electron chi connectivity index (χ4n) is 1.23. The Morgan fingerprint density at radius 1 is 1.50 bits per heavy atom. The van der Waals surface area contributed by atoms with Crippen LogP contribution in [0.3, 0.4) is 0 Å². The standard InChI is InChI=1S/C9H12N2O3S2/c1-15-7-4-11-5-8(16(10,12)13)9(7)14-6-2-3-6/h4-6H,2-3H2,1H3,(H2,10,12,13). The Hall–Kier alpha value is -0.790. The third-order valence-corrected chi connectivity index (χ3v) is 3.80. The predicted octanol–water partition coefficient (Wildman–Crippen LogP) is 0.992. The van der Waals surface area contributed by atoms with Gasteiger partial charge in [0, 0.05) is 6.20 Å². The summed E-state index contributed by atoms with van der Waals surface area (Å²) < 4.78 is 28.3. The van der Waals surface area contributed by atoms with Gasteiger partial charge in [-0.2, -0.15) is 0 Å². The van der Waals surface area contributed by atoms with E-state index in [9.17, 15) is 8.42 Å². The Bertz CT molecular complexity index is 497. The Morgan fingerprint density at radius 3 is 2.69 bits per heavy atom. The minimum atomic E-state index is -3.78. The lowest BCUT2D eigenvalue weighted by molar-refractivity contribution is 0.287. The second-order valence-corrected chi connectivity index (χ2v) is 5.91. The summed E-state index contributed by atoms with van der Waals surface area (Å²) in [7, 11) is -3.78. The van der Waals surface area contributed by atoms with Crippen LogP contribution in [0.15, 0.2) is 22.2 Å². The molecule has 16 heavy (non-hydrogen) atoms. The van der Waals surface area contributed by atoms with Crippen LogP contribution in [-0.2, 0) is 10.0 Å². The maximum absolute atomic E-state index is 11.4. The van der Waals surface area contributed by atoms with Gasteiger partial charge in [-0.25, -0.2) is 13.6 Å². The first-order valence-electron chi connectivity index (χ1n) is 4.74. The van der Waals surface area contributed by atoms with Crippen LogP contribution in [0.5, 0.6) is 5.75 Å². The number of nitrogens with two attached hydrogens (primary N) is 1. The summed E-state index contributed by atoms with van der Waals surface area (Å²) in [4.78, 5) is 4.51. The Kier molecular flexibility index (Phi) is 3.09. The number of pyridine rings is 1. The predicted molar refractivity (Wildman–Crippen MR) is 61.0 cm³/mol. The fraction of sp³-hybridized carbons (Fsp3) is 0.444. The summed E-state index contributed by atoms with van der Waals surface area (Å²) in [5.41, 5.74) is 0. The van der Waals surface area contributed by atoms with Crippen molar-refractivity contribution in [2.24, 2.45) is 5.14 Å². The monoisotopic (exact) mass is 260 g/mol. The van der Waals surface area contributed by atoms with Gasteiger partial charge in [-0.3, -0.25) is 4.98 Å². The van der Waals surface area contributed by atoms with Crippen LogP contribution in [0, 0.1) is 0 Å². The van der Waals surface area contributed by atoms with Gasteiger partial charge in [0.1, 0.15) is 4.90 Å². The largest absolute Gasteiger partial charge is 0.488 e. The van der Waals surface area contributed by atoms with E-state index in [1.807, 2.05) is 6.26 Å². The second kappa shape index (κ2) is 4.23. The molecule has 0 saturated heterocycles. The van der Waals surface area contributed by atoms with Crippen molar-refractivity contribution >= 4 is 21.8 Å². The van der Waals surface area contributed by atoms with Crippen molar-refractivity contribution in [2.75, 3.05) is 6.26 Å². The van der Waals surface area contributed by atoms with Gasteiger partial charge in [-0.15, -0.1) is 11.8 Å². The zero-order valence-corrected chi connectivity index (χ0v) is 10.3. The van der Waals surface area contributed by atoms with E-state index in [1.165, 1.54) is 18.0 Å². The fourth-order valence-corrected chi connectivity index (χ4v) is 2.43. The first-order valence-corrected chi connectivity index (χ1v) is 7.51. The van der Waals surface area contributed by atoms with Gasteiger partial charge >= 0.3 is 0 Å². The minimum Gasteiger partial charge on any atom is -0.488 e. The lowest BCUT2D eigenvalue weighted by Crippen LogP contribution is -2.15. The molecular weight excluding hydrogens is 248 g/mol. The molecule has 1 heterocycles. The van der Waals surface area contributed by atoms with Gasteiger partial charge in [0.25, 0.3) is 0 Å². The first kappa shape index (κ1) is 11.7. The third kappa shape index (κ3) is 2.47. The van der Waals surface area contributed by atoms with E-state index in [-0.39, 0.29) is 11.0 Å². The summed E-state index contributed by atoms with van der Waals surface area (Å²) in [6, 6.07) is 0. The van der Waals surface area contributed by atoms with Crippen LogP contribution >= 0.6 is 11.8 Å². The Balaban J connectivity index is 2.49. The molecule has 0 radical (unpaired) electrons. The number of primary sulfonamides is 1. The molecule has 0 spiro atoms. The van der Waals surface area contributed by atoms with E-state index < -0.39 is 10.0 Å². The quantitative estimate of drug-likeness (QED) is 0.816. The van der Waals surface area contributed by atoms with Crippen molar-refractivity contribution in [1.29, 1.82) is 0 Å². The third-order valence-electron chi connectivity index (χ3n) is 2.17. The maximum atomic E-state index is 11.4. The van der Waals surface area contributed by atoms with Crippen molar-refractivity contribution < 1.29 is 13.2 Å². The Morgan fingerprint density at radius 2 is 2.19 bits per heavy atom. The highest BCUT2D eigenvalue weighted by Gasteiger charge is 2.28. The number of nitrogens with zero attached hydrogens (tertiary/aromatic N) is 1. The molecule has 1 aliphatic carbocycles. The van der Waals surface area contributed by atoms with E-state index in [0.29, 0.717) is 10.6 Å². The van der Waals surface area contributed by atoms with Crippen molar-refractivity contribution in [3.63, 3.8) is 0 Å². The van der Waals surface area contributed by atoms with Gasteiger partial charge in [0.15, 0.2) is 5.75 Å². The van der Waals surface area contributed by atoms with E-state index in [4.69, 9.17) is 9.88 Å². The molecular formula is C9H12N2O3S2. The summed E-state index contributed by atoms with van der Waals surface area (Å²) in [6.45, 7) is 0. The molecule has 88 valence electrons.